The van der Waals surface area contributed by atoms with Gasteiger partial charge in [-0.1, -0.05) is 35.9 Å². The first-order valence-electron chi connectivity index (χ1n) is 12.2. The zero-order valence-corrected chi connectivity index (χ0v) is 21.7. The number of benzene rings is 3. The van der Waals surface area contributed by atoms with E-state index in [1.807, 2.05) is 19.1 Å². The number of hydrogen-bond donors (Lipinski definition) is 1. The number of amides is 1. The monoisotopic (exact) mass is 551 g/mol. The minimum Gasteiger partial charge on any atom is -0.322 e. The number of sulfonamides is 1. The van der Waals surface area contributed by atoms with Crippen molar-refractivity contribution in [2.75, 3.05) is 16.2 Å². The standard InChI is InChI=1S/C29H24F3N3O3S/c1-19-6-11-24(12-7-19)39(37,38)35-15-3-5-21(25-13-9-22(17-27(25)35)29(30,31)32)16-28(36)34-23-10-8-20-4-2-14-33-26(20)18-23/h2,4,6-14,16-18H,3,5,15H2,1H3,(H,34,36)/b21-16+. The van der Waals surface area contributed by atoms with E-state index >= 15 is 0 Å². The lowest BCUT2D eigenvalue weighted by Gasteiger charge is -2.25. The number of rotatable bonds is 4. The van der Waals surface area contributed by atoms with Crippen molar-refractivity contribution >= 4 is 43.8 Å². The minimum absolute atomic E-state index is 0.0217. The Kier molecular flexibility index (Phi) is 6.90. The normalized spacial score (nSPS) is 15.2. The Hall–Kier alpha value is -4.18. The molecule has 0 saturated carbocycles. The molecule has 0 atom stereocenters. The van der Waals surface area contributed by atoms with Crippen LogP contribution in [0.2, 0.25) is 0 Å². The van der Waals surface area contributed by atoms with Crippen LogP contribution in [0.15, 0.2) is 90.0 Å². The largest absolute Gasteiger partial charge is 0.416 e. The fraction of sp³-hybridized carbons (Fsp3) is 0.172. The molecule has 6 nitrogen and oxygen atoms in total. The van der Waals surface area contributed by atoms with Gasteiger partial charge < -0.3 is 5.32 Å². The van der Waals surface area contributed by atoms with Gasteiger partial charge in [-0.3, -0.25) is 14.1 Å². The summed E-state index contributed by atoms with van der Waals surface area (Å²) >= 11 is 0. The smallest absolute Gasteiger partial charge is 0.322 e. The van der Waals surface area contributed by atoms with E-state index in [1.165, 1.54) is 24.3 Å². The van der Waals surface area contributed by atoms with Gasteiger partial charge in [0.1, 0.15) is 0 Å². The Morgan fingerprint density at radius 2 is 1.79 bits per heavy atom. The zero-order chi connectivity index (χ0) is 27.8. The van der Waals surface area contributed by atoms with Crippen LogP contribution in [0.1, 0.15) is 29.5 Å². The average molecular weight is 552 g/mol. The van der Waals surface area contributed by atoms with Crippen molar-refractivity contribution in [2.45, 2.75) is 30.8 Å². The molecule has 1 aliphatic rings. The van der Waals surface area contributed by atoms with Crippen LogP contribution >= 0.6 is 0 Å². The number of aryl methyl sites for hydroxylation is 1. The number of hydrogen-bond acceptors (Lipinski definition) is 4. The Bertz CT molecular complexity index is 1700. The van der Waals surface area contributed by atoms with Crippen LogP contribution in [0.25, 0.3) is 16.5 Å². The molecule has 39 heavy (non-hydrogen) atoms. The molecule has 0 saturated heterocycles. The van der Waals surface area contributed by atoms with Gasteiger partial charge in [0.2, 0.25) is 5.91 Å². The Morgan fingerprint density at radius 3 is 2.54 bits per heavy atom. The number of alkyl halides is 3. The van der Waals surface area contributed by atoms with Gasteiger partial charge in [0, 0.05) is 35.5 Å². The lowest BCUT2D eigenvalue weighted by molar-refractivity contribution is -0.137. The third kappa shape index (κ3) is 5.51. The summed E-state index contributed by atoms with van der Waals surface area (Å²) in [5, 5.41) is 3.68. The maximum atomic E-state index is 13.7. The molecule has 2 heterocycles. The summed E-state index contributed by atoms with van der Waals surface area (Å²) in [4.78, 5) is 17.2. The highest BCUT2D eigenvalue weighted by molar-refractivity contribution is 7.92. The van der Waals surface area contributed by atoms with Crippen molar-refractivity contribution in [1.82, 2.24) is 4.98 Å². The molecule has 1 aromatic heterocycles. The van der Waals surface area contributed by atoms with Gasteiger partial charge >= 0.3 is 6.18 Å². The fourth-order valence-corrected chi connectivity index (χ4v) is 6.09. The Morgan fingerprint density at radius 1 is 1.03 bits per heavy atom. The van der Waals surface area contributed by atoms with Gasteiger partial charge in [0.05, 0.1) is 21.7 Å². The lowest BCUT2D eigenvalue weighted by Crippen LogP contribution is -2.32. The summed E-state index contributed by atoms with van der Waals surface area (Å²) in [6, 6.07) is 18.1. The lowest BCUT2D eigenvalue weighted by atomic mass is 9.98. The second kappa shape index (κ2) is 10.2. The maximum absolute atomic E-state index is 13.7. The molecule has 0 unspecified atom stereocenters. The van der Waals surface area contributed by atoms with Crippen LogP contribution in [0.3, 0.4) is 0 Å². The van der Waals surface area contributed by atoms with Gasteiger partial charge in [0.25, 0.3) is 10.0 Å². The van der Waals surface area contributed by atoms with E-state index in [9.17, 15) is 26.4 Å². The fourth-order valence-electron chi connectivity index (χ4n) is 4.57. The van der Waals surface area contributed by atoms with Crippen molar-refractivity contribution in [3.05, 3.63) is 102 Å². The molecule has 5 rings (SSSR count). The maximum Gasteiger partial charge on any atom is 0.416 e. The molecule has 1 aliphatic heterocycles. The van der Waals surface area contributed by atoms with Crippen molar-refractivity contribution in [1.29, 1.82) is 0 Å². The summed E-state index contributed by atoms with van der Waals surface area (Å²) in [6.07, 6.45) is -1.11. The van der Waals surface area contributed by atoms with Crippen molar-refractivity contribution in [3.63, 3.8) is 0 Å². The molecule has 1 amide bonds. The second-order valence-electron chi connectivity index (χ2n) is 9.29. The molecule has 3 aromatic carbocycles. The van der Waals surface area contributed by atoms with Gasteiger partial charge in [-0.25, -0.2) is 8.42 Å². The average Bonchev–Trinajstić information content (AvgIpc) is 3.08. The SMILES string of the molecule is Cc1ccc(S(=O)(=O)N2CCC/C(=C\C(=O)Nc3ccc4cccnc4c3)c3ccc(C(F)(F)F)cc32)cc1. The molecule has 0 spiro atoms. The highest BCUT2D eigenvalue weighted by atomic mass is 32.2. The molecule has 4 aromatic rings. The molecule has 0 radical (unpaired) electrons. The molecule has 0 fully saturated rings. The summed E-state index contributed by atoms with van der Waals surface area (Å²) in [7, 11) is -4.17. The van der Waals surface area contributed by atoms with Crippen molar-refractivity contribution in [2.24, 2.45) is 0 Å². The zero-order valence-electron chi connectivity index (χ0n) is 20.9. The molecular weight excluding hydrogens is 527 g/mol. The number of halogens is 3. The summed E-state index contributed by atoms with van der Waals surface area (Å²) in [6.45, 7) is 1.77. The topological polar surface area (TPSA) is 79.4 Å². The number of fused-ring (bicyclic) bond motifs is 2. The van der Waals surface area contributed by atoms with Crippen LogP contribution in [0.5, 0.6) is 0 Å². The molecule has 0 aliphatic carbocycles. The molecule has 0 bridgehead atoms. The Balaban J connectivity index is 1.54. The van der Waals surface area contributed by atoms with Crippen LogP contribution in [0, 0.1) is 6.92 Å². The first-order valence-corrected chi connectivity index (χ1v) is 13.6. The van der Waals surface area contributed by atoms with Crippen molar-refractivity contribution in [3.8, 4) is 0 Å². The molecular formula is C29H24F3N3O3S. The van der Waals surface area contributed by atoms with Crippen LogP contribution < -0.4 is 9.62 Å². The number of nitrogens with zero attached hydrogens (tertiary/aromatic N) is 2. The van der Waals surface area contributed by atoms with Gasteiger partial charge in [0.15, 0.2) is 0 Å². The third-order valence-electron chi connectivity index (χ3n) is 6.53. The number of carbonyl (C=O) groups excluding carboxylic acids is 1. The predicted molar refractivity (Wildman–Crippen MR) is 145 cm³/mol. The van der Waals surface area contributed by atoms with Gasteiger partial charge in [-0.2, -0.15) is 13.2 Å². The highest BCUT2D eigenvalue weighted by Gasteiger charge is 2.35. The number of pyridine rings is 1. The van der Waals surface area contributed by atoms with E-state index in [0.29, 0.717) is 29.6 Å². The molecule has 1 N–H and O–H groups in total. The van der Waals surface area contributed by atoms with Crippen LogP contribution in [-0.2, 0) is 21.0 Å². The summed E-state index contributed by atoms with van der Waals surface area (Å²) in [5.74, 6) is -0.485. The van der Waals surface area contributed by atoms with Gasteiger partial charge in [-0.15, -0.1) is 0 Å². The minimum atomic E-state index is -4.67. The van der Waals surface area contributed by atoms with E-state index in [0.717, 1.165) is 27.4 Å². The number of carbonyl (C=O) groups is 1. The van der Waals surface area contributed by atoms with Crippen molar-refractivity contribution < 1.29 is 26.4 Å². The van der Waals surface area contributed by atoms with Crippen LogP contribution in [-0.4, -0.2) is 25.9 Å². The van der Waals surface area contributed by atoms with E-state index in [1.54, 1.807) is 36.5 Å². The second-order valence-corrected chi connectivity index (χ2v) is 11.2. The first kappa shape index (κ1) is 26.4. The first-order chi connectivity index (χ1) is 18.5. The number of allylic oxidation sites excluding steroid dienone is 1. The predicted octanol–water partition coefficient (Wildman–Crippen LogP) is 6.57. The third-order valence-corrected chi connectivity index (χ3v) is 8.36. The quantitative estimate of drug-likeness (QED) is 0.291. The number of anilines is 2. The summed E-state index contributed by atoms with van der Waals surface area (Å²) < 4.78 is 69.2. The highest BCUT2D eigenvalue weighted by Crippen LogP contribution is 2.41. The summed E-state index contributed by atoms with van der Waals surface area (Å²) in [5.41, 5.74) is 1.66. The van der Waals surface area contributed by atoms with Crippen LogP contribution in [0.4, 0.5) is 24.5 Å². The number of nitrogens with one attached hydrogen (secondary N) is 1. The molecule has 10 heteroatoms. The Labute approximate surface area is 223 Å². The van der Waals surface area contributed by atoms with E-state index in [2.05, 4.69) is 10.3 Å². The van der Waals surface area contributed by atoms with E-state index in [4.69, 9.17) is 0 Å². The number of aromatic nitrogens is 1. The molecule has 200 valence electrons. The van der Waals surface area contributed by atoms with Gasteiger partial charge in [-0.05, 0) is 67.8 Å². The van der Waals surface area contributed by atoms with E-state index in [-0.39, 0.29) is 22.7 Å². The van der Waals surface area contributed by atoms with E-state index < -0.39 is 27.7 Å².